The number of nitrogens with zero attached hydrogens (tertiary/aromatic N) is 3. The van der Waals surface area contributed by atoms with E-state index in [4.69, 9.17) is 5.26 Å². The Morgan fingerprint density at radius 1 is 1.03 bits per heavy atom. The molecular weight excluding hydrogens is 396 g/mol. The van der Waals surface area contributed by atoms with Crippen LogP contribution in [0.3, 0.4) is 0 Å². The van der Waals surface area contributed by atoms with Gasteiger partial charge in [-0.2, -0.15) is 5.26 Å². The lowest BCUT2D eigenvalue weighted by atomic mass is 10.0. The molecule has 31 heavy (non-hydrogen) atoms. The van der Waals surface area contributed by atoms with Crippen LogP contribution in [0.1, 0.15) is 36.3 Å². The van der Waals surface area contributed by atoms with E-state index in [1.165, 1.54) is 18.6 Å². The number of nitrogens with one attached hydrogen (secondary N) is 3. The molecule has 0 unspecified atom stereocenters. The molecule has 2 rings (SSSR count). The number of carbonyl (C=O) groups excluding carboxylic acids is 3. The number of hydrogen-bond acceptors (Lipinski definition) is 6. The molecule has 1 aromatic heterocycles. The van der Waals surface area contributed by atoms with E-state index in [0.717, 1.165) is 5.56 Å². The summed E-state index contributed by atoms with van der Waals surface area (Å²) in [6, 6.07) is 9.31. The molecule has 0 radical (unpaired) electrons. The van der Waals surface area contributed by atoms with Crippen LogP contribution >= 0.6 is 0 Å². The molecular formula is C22H26N6O3. The molecule has 0 aliphatic rings. The van der Waals surface area contributed by atoms with Crippen LogP contribution in [-0.4, -0.2) is 46.3 Å². The third-order valence-corrected chi connectivity index (χ3v) is 4.38. The Labute approximate surface area is 181 Å². The molecule has 0 fully saturated rings. The Balaban J connectivity index is 2.19. The topological polar surface area (TPSA) is 137 Å². The maximum absolute atomic E-state index is 13.1. The molecule has 1 aromatic carbocycles. The Morgan fingerprint density at radius 2 is 1.77 bits per heavy atom. The summed E-state index contributed by atoms with van der Waals surface area (Å²) >= 11 is 0. The predicted octanol–water partition coefficient (Wildman–Crippen LogP) is 0.988. The molecule has 0 saturated carbocycles. The standard InChI is InChI=1S/C22H26N6O3/c1-15(2)12-17(20(29)26-9-8-23)27-21(30)18(13-16-6-4-3-5-7-16)28-22(31)19-14-24-10-11-25-19/h3-7,10-11,14-15,17-18H,9,12-13H2,1-2H3,(H,26,29)(H,27,30)(H,28,31)/t17-,18-/m0/s1. The van der Waals surface area contributed by atoms with Gasteiger partial charge in [-0.05, 0) is 17.9 Å². The number of benzene rings is 1. The lowest BCUT2D eigenvalue weighted by Gasteiger charge is -2.24. The van der Waals surface area contributed by atoms with Crippen molar-refractivity contribution in [2.45, 2.75) is 38.8 Å². The van der Waals surface area contributed by atoms with Crippen molar-refractivity contribution in [3.05, 3.63) is 60.2 Å². The number of hydrogen-bond donors (Lipinski definition) is 3. The molecule has 162 valence electrons. The minimum atomic E-state index is -0.935. The first-order chi connectivity index (χ1) is 14.9. The fourth-order valence-electron chi connectivity index (χ4n) is 2.93. The Hall–Kier alpha value is -3.80. The normalized spacial score (nSPS) is 12.3. The summed E-state index contributed by atoms with van der Waals surface area (Å²) < 4.78 is 0. The first-order valence-electron chi connectivity index (χ1n) is 9.96. The van der Waals surface area contributed by atoms with Gasteiger partial charge in [-0.3, -0.25) is 19.4 Å². The van der Waals surface area contributed by atoms with Gasteiger partial charge < -0.3 is 16.0 Å². The highest BCUT2D eigenvalue weighted by molar-refractivity contribution is 5.97. The molecule has 0 bridgehead atoms. The summed E-state index contributed by atoms with van der Waals surface area (Å²) in [5.41, 5.74) is 0.926. The first-order valence-corrected chi connectivity index (χ1v) is 9.96. The highest BCUT2D eigenvalue weighted by Gasteiger charge is 2.28. The van der Waals surface area contributed by atoms with E-state index in [2.05, 4.69) is 25.9 Å². The lowest BCUT2D eigenvalue weighted by Crippen LogP contribution is -2.54. The van der Waals surface area contributed by atoms with E-state index in [1.54, 1.807) is 0 Å². The van der Waals surface area contributed by atoms with Crippen molar-refractivity contribution >= 4 is 17.7 Å². The number of nitriles is 1. The van der Waals surface area contributed by atoms with Crippen molar-refractivity contribution in [1.82, 2.24) is 25.9 Å². The van der Waals surface area contributed by atoms with Crippen molar-refractivity contribution in [1.29, 1.82) is 5.26 Å². The highest BCUT2D eigenvalue weighted by Crippen LogP contribution is 2.08. The second-order valence-corrected chi connectivity index (χ2v) is 7.37. The van der Waals surface area contributed by atoms with E-state index >= 15 is 0 Å². The van der Waals surface area contributed by atoms with E-state index < -0.39 is 29.8 Å². The summed E-state index contributed by atoms with van der Waals surface area (Å²) in [5.74, 6) is -1.36. The molecule has 0 aliphatic heterocycles. The third kappa shape index (κ3) is 7.85. The largest absolute Gasteiger partial charge is 0.342 e. The van der Waals surface area contributed by atoms with Crippen molar-refractivity contribution < 1.29 is 14.4 Å². The Kier molecular flexibility index (Phi) is 9.11. The second kappa shape index (κ2) is 12.0. The van der Waals surface area contributed by atoms with Gasteiger partial charge in [-0.15, -0.1) is 0 Å². The van der Waals surface area contributed by atoms with Gasteiger partial charge >= 0.3 is 0 Å². The number of aromatic nitrogens is 2. The Morgan fingerprint density at radius 3 is 2.39 bits per heavy atom. The summed E-state index contributed by atoms with van der Waals surface area (Å²) in [6.07, 6.45) is 4.76. The van der Waals surface area contributed by atoms with Crippen molar-refractivity contribution in [2.24, 2.45) is 5.92 Å². The van der Waals surface area contributed by atoms with Crippen LogP contribution in [-0.2, 0) is 16.0 Å². The van der Waals surface area contributed by atoms with Gasteiger partial charge in [0.1, 0.15) is 24.3 Å². The number of carbonyl (C=O) groups is 3. The summed E-state index contributed by atoms with van der Waals surface area (Å²) in [6.45, 7) is 3.70. The van der Waals surface area contributed by atoms with E-state index in [1.807, 2.05) is 50.2 Å². The van der Waals surface area contributed by atoms with Gasteiger partial charge in [0.15, 0.2) is 0 Å². The zero-order valence-electron chi connectivity index (χ0n) is 17.5. The van der Waals surface area contributed by atoms with Gasteiger partial charge in [0.2, 0.25) is 11.8 Å². The van der Waals surface area contributed by atoms with Crippen LogP contribution < -0.4 is 16.0 Å². The summed E-state index contributed by atoms with van der Waals surface area (Å²) in [5, 5.41) is 16.6. The molecule has 0 saturated heterocycles. The molecule has 9 nitrogen and oxygen atoms in total. The van der Waals surface area contributed by atoms with Crippen LogP contribution in [0.15, 0.2) is 48.9 Å². The van der Waals surface area contributed by atoms with E-state index in [0.29, 0.717) is 6.42 Å². The molecule has 9 heteroatoms. The second-order valence-electron chi connectivity index (χ2n) is 7.37. The molecule has 2 aromatic rings. The van der Waals surface area contributed by atoms with E-state index in [-0.39, 0.29) is 24.6 Å². The average Bonchev–Trinajstić information content (AvgIpc) is 2.77. The van der Waals surface area contributed by atoms with Crippen LogP contribution in [0.4, 0.5) is 0 Å². The van der Waals surface area contributed by atoms with Crippen molar-refractivity contribution in [3.63, 3.8) is 0 Å². The van der Waals surface area contributed by atoms with Gasteiger partial charge in [0, 0.05) is 18.8 Å². The molecule has 3 amide bonds. The SMILES string of the molecule is CC(C)C[C@H](NC(=O)[C@H](Cc1ccccc1)NC(=O)c1cnccn1)C(=O)NCC#N. The zero-order chi connectivity index (χ0) is 22.6. The fraction of sp³-hybridized carbons (Fsp3) is 0.364. The van der Waals surface area contributed by atoms with Gasteiger partial charge in [-0.1, -0.05) is 44.2 Å². The molecule has 1 heterocycles. The zero-order valence-corrected chi connectivity index (χ0v) is 17.5. The average molecular weight is 422 g/mol. The van der Waals surface area contributed by atoms with Crippen molar-refractivity contribution in [3.8, 4) is 6.07 Å². The quantitative estimate of drug-likeness (QED) is 0.488. The lowest BCUT2D eigenvalue weighted by molar-refractivity contribution is -0.130. The molecule has 3 N–H and O–H groups in total. The van der Waals surface area contributed by atoms with Crippen molar-refractivity contribution in [2.75, 3.05) is 6.54 Å². The summed E-state index contributed by atoms with van der Waals surface area (Å²) in [7, 11) is 0. The molecule has 2 atom stereocenters. The van der Waals surface area contributed by atoms with Crippen LogP contribution in [0.2, 0.25) is 0 Å². The maximum Gasteiger partial charge on any atom is 0.272 e. The third-order valence-electron chi connectivity index (χ3n) is 4.38. The van der Waals surface area contributed by atoms with Crippen LogP contribution in [0.25, 0.3) is 0 Å². The van der Waals surface area contributed by atoms with Gasteiger partial charge in [0.05, 0.1) is 12.3 Å². The van der Waals surface area contributed by atoms with Gasteiger partial charge in [-0.25, -0.2) is 4.98 Å². The molecule has 0 aliphatic carbocycles. The number of rotatable bonds is 10. The van der Waals surface area contributed by atoms with E-state index in [9.17, 15) is 14.4 Å². The fourth-order valence-corrected chi connectivity index (χ4v) is 2.93. The smallest absolute Gasteiger partial charge is 0.272 e. The summed E-state index contributed by atoms with van der Waals surface area (Å²) in [4.78, 5) is 45.9. The highest BCUT2D eigenvalue weighted by atomic mass is 16.2. The minimum absolute atomic E-state index is 0.0823. The predicted molar refractivity (Wildman–Crippen MR) is 113 cm³/mol. The number of amides is 3. The van der Waals surface area contributed by atoms with Crippen LogP contribution in [0.5, 0.6) is 0 Å². The van der Waals surface area contributed by atoms with Gasteiger partial charge in [0.25, 0.3) is 5.91 Å². The first kappa shape index (κ1) is 23.5. The minimum Gasteiger partial charge on any atom is -0.342 e. The molecule has 0 spiro atoms. The van der Waals surface area contributed by atoms with Crippen LogP contribution in [0, 0.1) is 17.2 Å². The Bertz CT molecular complexity index is 912. The maximum atomic E-state index is 13.1. The monoisotopic (exact) mass is 422 g/mol.